The second kappa shape index (κ2) is 5.05. The Labute approximate surface area is 96.6 Å². The SMILES string of the molecule is COC(=O)c1ccc(C#N)c(CN)c1[N+](=O)[O-]. The molecule has 0 saturated heterocycles. The molecular formula is C10H9N3O4. The monoisotopic (exact) mass is 235 g/mol. The number of nitro benzene ring substituents is 1. The largest absolute Gasteiger partial charge is 0.465 e. The van der Waals surface area contributed by atoms with E-state index < -0.39 is 16.6 Å². The van der Waals surface area contributed by atoms with Gasteiger partial charge >= 0.3 is 5.97 Å². The van der Waals surface area contributed by atoms with Gasteiger partial charge in [-0.05, 0) is 12.1 Å². The Morgan fingerprint density at radius 3 is 2.71 bits per heavy atom. The number of hydrogen-bond donors (Lipinski definition) is 1. The highest BCUT2D eigenvalue weighted by molar-refractivity contribution is 5.95. The van der Waals surface area contributed by atoms with Gasteiger partial charge in [0.15, 0.2) is 0 Å². The number of benzene rings is 1. The number of nitrogens with zero attached hydrogens (tertiary/aromatic N) is 2. The van der Waals surface area contributed by atoms with E-state index in [2.05, 4.69) is 4.74 Å². The molecule has 0 heterocycles. The maximum absolute atomic E-state index is 11.4. The summed E-state index contributed by atoms with van der Waals surface area (Å²) in [4.78, 5) is 21.5. The molecule has 1 aromatic carbocycles. The summed E-state index contributed by atoms with van der Waals surface area (Å²) in [5.74, 6) is -0.837. The number of nitrogens with two attached hydrogens (primary N) is 1. The zero-order valence-corrected chi connectivity index (χ0v) is 8.97. The smallest absolute Gasteiger partial charge is 0.344 e. The van der Waals surface area contributed by atoms with Crippen molar-refractivity contribution in [3.63, 3.8) is 0 Å². The van der Waals surface area contributed by atoms with Crippen LogP contribution in [0.3, 0.4) is 0 Å². The first-order chi connectivity index (χ1) is 8.06. The van der Waals surface area contributed by atoms with E-state index >= 15 is 0 Å². The van der Waals surface area contributed by atoms with Gasteiger partial charge in [-0.3, -0.25) is 10.1 Å². The number of rotatable bonds is 3. The minimum atomic E-state index is -0.837. The van der Waals surface area contributed by atoms with Crippen molar-refractivity contribution in [3.05, 3.63) is 38.9 Å². The van der Waals surface area contributed by atoms with Gasteiger partial charge in [0.05, 0.1) is 29.2 Å². The van der Waals surface area contributed by atoms with Crippen LogP contribution in [0.4, 0.5) is 5.69 Å². The Balaban J connectivity index is 3.60. The molecule has 0 amide bonds. The molecule has 17 heavy (non-hydrogen) atoms. The molecule has 0 spiro atoms. The lowest BCUT2D eigenvalue weighted by Crippen LogP contribution is -2.11. The third-order valence-corrected chi connectivity index (χ3v) is 2.20. The van der Waals surface area contributed by atoms with Crippen LogP contribution in [0.5, 0.6) is 0 Å². The van der Waals surface area contributed by atoms with Gasteiger partial charge < -0.3 is 10.5 Å². The van der Waals surface area contributed by atoms with E-state index in [9.17, 15) is 14.9 Å². The number of esters is 1. The number of carbonyl (C=O) groups is 1. The van der Waals surface area contributed by atoms with Crippen molar-refractivity contribution in [1.82, 2.24) is 0 Å². The molecule has 1 rings (SSSR count). The molecular weight excluding hydrogens is 226 g/mol. The fraction of sp³-hybridized carbons (Fsp3) is 0.200. The molecule has 0 unspecified atom stereocenters. The zero-order valence-electron chi connectivity index (χ0n) is 8.97. The quantitative estimate of drug-likeness (QED) is 0.468. The van der Waals surface area contributed by atoms with Gasteiger partial charge in [-0.15, -0.1) is 0 Å². The Hall–Kier alpha value is -2.46. The lowest BCUT2D eigenvalue weighted by Gasteiger charge is -2.06. The molecule has 7 heteroatoms. The van der Waals surface area contributed by atoms with Gasteiger partial charge in [-0.25, -0.2) is 4.79 Å². The summed E-state index contributed by atoms with van der Waals surface area (Å²) in [7, 11) is 1.12. The van der Waals surface area contributed by atoms with Gasteiger partial charge in [0.1, 0.15) is 5.56 Å². The third kappa shape index (κ3) is 2.21. The summed E-state index contributed by atoms with van der Waals surface area (Å²) in [6.45, 7) is -0.204. The molecule has 0 aliphatic heterocycles. The first-order valence-electron chi connectivity index (χ1n) is 4.55. The maximum Gasteiger partial charge on any atom is 0.344 e. The number of ether oxygens (including phenoxy) is 1. The summed E-state index contributed by atoms with van der Waals surface area (Å²) in [5, 5.41) is 19.7. The molecule has 0 bridgehead atoms. The van der Waals surface area contributed by atoms with Gasteiger partial charge in [0.2, 0.25) is 0 Å². The lowest BCUT2D eigenvalue weighted by atomic mass is 10.0. The summed E-state index contributed by atoms with van der Waals surface area (Å²) >= 11 is 0. The Bertz CT molecular complexity index is 519. The van der Waals surface area contributed by atoms with Crippen LogP contribution in [0, 0.1) is 21.4 Å². The van der Waals surface area contributed by atoms with Crippen molar-refractivity contribution < 1.29 is 14.5 Å². The zero-order chi connectivity index (χ0) is 13.0. The van der Waals surface area contributed by atoms with Gasteiger partial charge in [0.25, 0.3) is 5.69 Å². The number of nitro groups is 1. The molecule has 7 nitrogen and oxygen atoms in total. The number of methoxy groups -OCH3 is 1. The molecule has 0 atom stereocenters. The van der Waals surface area contributed by atoms with Crippen LogP contribution in [0.1, 0.15) is 21.5 Å². The first-order valence-corrected chi connectivity index (χ1v) is 4.55. The Morgan fingerprint density at radius 1 is 1.65 bits per heavy atom. The van der Waals surface area contributed by atoms with E-state index in [0.29, 0.717) is 0 Å². The van der Waals surface area contributed by atoms with Gasteiger partial charge in [-0.2, -0.15) is 5.26 Å². The van der Waals surface area contributed by atoms with E-state index in [1.165, 1.54) is 12.1 Å². The van der Waals surface area contributed by atoms with Crippen LogP contribution in [0.15, 0.2) is 12.1 Å². The third-order valence-electron chi connectivity index (χ3n) is 2.20. The molecule has 1 aromatic rings. The molecule has 88 valence electrons. The summed E-state index contributed by atoms with van der Waals surface area (Å²) in [6, 6.07) is 4.28. The van der Waals surface area contributed by atoms with Gasteiger partial charge in [-0.1, -0.05) is 0 Å². The van der Waals surface area contributed by atoms with E-state index in [0.717, 1.165) is 7.11 Å². The Kier molecular flexibility index (Phi) is 3.74. The fourth-order valence-corrected chi connectivity index (χ4v) is 1.43. The summed E-state index contributed by atoms with van der Waals surface area (Å²) in [5.41, 5.74) is 4.79. The summed E-state index contributed by atoms with van der Waals surface area (Å²) in [6.07, 6.45) is 0. The molecule has 0 radical (unpaired) electrons. The van der Waals surface area contributed by atoms with Crippen molar-refractivity contribution in [2.24, 2.45) is 5.73 Å². The number of nitriles is 1. The normalized spacial score (nSPS) is 9.47. The van der Waals surface area contributed by atoms with Crippen molar-refractivity contribution in [2.75, 3.05) is 7.11 Å². The van der Waals surface area contributed by atoms with E-state index in [1.807, 2.05) is 0 Å². The van der Waals surface area contributed by atoms with Crippen LogP contribution in [-0.4, -0.2) is 18.0 Å². The van der Waals surface area contributed by atoms with Crippen molar-refractivity contribution in [3.8, 4) is 6.07 Å². The Morgan fingerprint density at radius 2 is 2.29 bits per heavy atom. The molecule has 0 fully saturated rings. The van der Waals surface area contributed by atoms with E-state index in [4.69, 9.17) is 11.0 Å². The minimum Gasteiger partial charge on any atom is -0.465 e. The number of carbonyl (C=O) groups excluding carboxylic acids is 1. The molecule has 0 aliphatic carbocycles. The molecule has 2 N–H and O–H groups in total. The molecule has 0 aliphatic rings. The maximum atomic E-state index is 11.4. The van der Waals surface area contributed by atoms with E-state index in [-0.39, 0.29) is 23.2 Å². The minimum absolute atomic E-state index is 0.0281. The lowest BCUT2D eigenvalue weighted by molar-refractivity contribution is -0.385. The second-order valence-electron chi connectivity index (χ2n) is 3.05. The van der Waals surface area contributed by atoms with E-state index in [1.54, 1.807) is 6.07 Å². The first kappa shape index (κ1) is 12.6. The van der Waals surface area contributed by atoms with Crippen LogP contribution in [0.2, 0.25) is 0 Å². The average Bonchev–Trinajstić information content (AvgIpc) is 2.35. The fourth-order valence-electron chi connectivity index (χ4n) is 1.43. The van der Waals surface area contributed by atoms with Crippen LogP contribution in [0.25, 0.3) is 0 Å². The highest BCUT2D eigenvalue weighted by atomic mass is 16.6. The van der Waals surface area contributed by atoms with Crippen molar-refractivity contribution >= 4 is 11.7 Å². The predicted molar refractivity (Wildman–Crippen MR) is 57.0 cm³/mol. The highest BCUT2D eigenvalue weighted by Crippen LogP contribution is 2.27. The van der Waals surface area contributed by atoms with Crippen molar-refractivity contribution in [1.29, 1.82) is 5.26 Å². The molecule has 0 aromatic heterocycles. The van der Waals surface area contributed by atoms with Crippen molar-refractivity contribution in [2.45, 2.75) is 6.54 Å². The summed E-state index contributed by atoms with van der Waals surface area (Å²) < 4.78 is 4.43. The highest BCUT2D eigenvalue weighted by Gasteiger charge is 2.26. The van der Waals surface area contributed by atoms with Crippen LogP contribution >= 0.6 is 0 Å². The predicted octanol–water partition coefficient (Wildman–Crippen LogP) is 0.712. The second-order valence-corrected chi connectivity index (χ2v) is 3.05. The molecule has 0 saturated carbocycles. The standard InChI is InChI=1S/C10H9N3O4/c1-17-10(14)7-3-2-6(4-11)8(5-12)9(7)13(15)16/h2-3H,5,12H2,1H3. The number of hydrogen-bond acceptors (Lipinski definition) is 6. The van der Waals surface area contributed by atoms with Crippen LogP contribution < -0.4 is 5.73 Å². The topological polar surface area (TPSA) is 119 Å². The van der Waals surface area contributed by atoms with Gasteiger partial charge in [0, 0.05) is 6.54 Å². The average molecular weight is 235 g/mol. The van der Waals surface area contributed by atoms with Crippen LogP contribution in [-0.2, 0) is 11.3 Å².